The number of carbonyl (C=O) groups excluding carboxylic acids is 1. The van der Waals surface area contributed by atoms with Crippen LogP contribution in [0.4, 0.5) is 0 Å². The second-order valence-corrected chi connectivity index (χ2v) is 4.80. The van der Waals surface area contributed by atoms with E-state index in [-0.39, 0.29) is 12.5 Å². The van der Waals surface area contributed by atoms with Crippen LogP contribution in [-0.4, -0.2) is 10.9 Å². The minimum absolute atomic E-state index is 0.194. The Labute approximate surface area is 106 Å². The normalized spacial score (nSPS) is 18.0. The van der Waals surface area contributed by atoms with Crippen molar-refractivity contribution in [1.29, 1.82) is 5.26 Å². The summed E-state index contributed by atoms with van der Waals surface area (Å²) in [4.78, 5) is 16.1. The first-order valence-corrected chi connectivity index (χ1v) is 6.27. The van der Waals surface area contributed by atoms with Crippen molar-refractivity contribution in [2.24, 2.45) is 5.41 Å². The number of carbonyl (C=O) groups is 1. The number of nitrogens with one attached hydrogen (secondary N) is 1. The average Bonchev–Trinajstić information content (AvgIpc) is 2.82. The molecule has 0 atom stereocenters. The fourth-order valence-electron chi connectivity index (χ4n) is 2.35. The van der Waals surface area contributed by atoms with Crippen LogP contribution in [0.2, 0.25) is 0 Å². The molecule has 1 fully saturated rings. The van der Waals surface area contributed by atoms with E-state index in [2.05, 4.69) is 16.4 Å². The number of nitriles is 1. The summed E-state index contributed by atoms with van der Waals surface area (Å²) in [5.74, 6) is 0.997. The lowest BCUT2D eigenvalue weighted by Gasteiger charge is -2.28. The van der Waals surface area contributed by atoms with Crippen molar-refractivity contribution in [3.05, 3.63) is 17.8 Å². The predicted molar refractivity (Wildman–Crippen MR) is 64.2 cm³/mol. The summed E-state index contributed by atoms with van der Waals surface area (Å²) in [5.41, 5.74) is -0.847. The first kappa shape index (κ1) is 12.6. The zero-order valence-corrected chi connectivity index (χ0v) is 10.5. The third-order valence-corrected chi connectivity index (χ3v) is 3.43. The van der Waals surface area contributed by atoms with Crippen molar-refractivity contribution < 1.29 is 9.21 Å². The van der Waals surface area contributed by atoms with E-state index in [1.54, 1.807) is 13.1 Å². The molecule has 0 unspecified atom stereocenters. The van der Waals surface area contributed by atoms with E-state index in [1.807, 2.05) is 0 Å². The number of rotatable bonds is 3. The first-order valence-electron chi connectivity index (χ1n) is 6.27. The fraction of sp³-hybridized carbons (Fsp3) is 0.615. The summed E-state index contributed by atoms with van der Waals surface area (Å²) in [6.45, 7) is 2.05. The SMILES string of the molecule is Cc1cnc(CNC(=O)C2(C#N)CCCCC2)o1. The number of nitrogens with zero attached hydrogens (tertiary/aromatic N) is 2. The summed E-state index contributed by atoms with van der Waals surface area (Å²) in [6.07, 6.45) is 5.91. The molecule has 1 aliphatic carbocycles. The Balaban J connectivity index is 1.96. The second-order valence-electron chi connectivity index (χ2n) is 4.80. The van der Waals surface area contributed by atoms with Crippen molar-refractivity contribution in [1.82, 2.24) is 10.3 Å². The molecule has 1 aliphatic rings. The van der Waals surface area contributed by atoms with Crippen molar-refractivity contribution in [2.75, 3.05) is 0 Å². The lowest BCUT2D eigenvalue weighted by Crippen LogP contribution is -2.41. The molecule has 2 rings (SSSR count). The van der Waals surface area contributed by atoms with Gasteiger partial charge in [-0.3, -0.25) is 4.79 Å². The van der Waals surface area contributed by atoms with Crippen LogP contribution in [-0.2, 0) is 11.3 Å². The topological polar surface area (TPSA) is 78.9 Å². The lowest BCUT2D eigenvalue weighted by molar-refractivity contribution is -0.129. The molecule has 1 N–H and O–H groups in total. The van der Waals surface area contributed by atoms with Crippen LogP contribution in [0.3, 0.4) is 0 Å². The van der Waals surface area contributed by atoms with E-state index in [4.69, 9.17) is 4.42 Å². The second kappa shape index (κ2) is 5.21. The van der Waals surface area contributed by atoms with Gasteiger partial charge in [0.05, 0.1) is 18.8 Å². The average molecular weight is 247 g/mol. The first-order chi connectivity index (χ1) is 8.66. The molecule has 0 radical (unpaired) electrons. The molecule has 0 bridgehead atoms. The zero-order chi connectivity index (χ0) is 13.0. The predicted octanol–water partition coefficient (Wildman–Crippen LogP) is 2.07. The van der Waals surface area contributed by atoms with Crippen molar-refractivity contribution in [3.8, 4) is 6.07 Å². The fourth-order valence-corrected chi connectivity index (χ4v) is 2.35. The van der Waals surface area contributed by atoms with Crippen LogP contribution >= 0.6 is 0 Å². The van der Waals surface area contributed by atoms with Crippen LogP contribution in [0, 0.1) is 23.7 Å². The third kappa shape index (κ3) is 2.53. The highest BCUT2D eigenvalue weighted by Gasteiger charge is 2.39. The highest BCUT2D eigenvalue weighted by molar-refractivity contribution is 5.85. The van der Waals surface area contributed by atoms with Crippen molar-refractivity contribution in [3.63, 3.8) is 0 Å². The third-order valence-electron chi connectivity index (χ3n) is 3.43. The quantitative estimate of drug-likeness (QED) is 0.886. The Kier molecular flexibility index (Phi) is 3.66. The Morgan fingerprint density at radius 1 is 1.56 bits per heavy atom. The highest BCUT2D eigenvalue weighted by atomic mass is 16.4. The van der Waals surface area contributed by atoms with Gasteiger partial charge in [0.15, 0.2) is 0 Å². The molecule has 1 aromatic heterocycles. The monoisotopic (exact) mass is 247 g/mol. The number of aromatic nitrogens is 1. The van der Waals surface area contributed by atoms with Gasteiger partial charge in [-0.1, -0.05) is 19.3 Å². The summed E-state index contributed by atoms with van der Waals surface area (Å²) < 4.78 is 5.28. The van der Waals surface area contributed by atoms with Gasteiger partial charge in [0.2, 0.25) is 11.8 Å². The zero-order valence-electron chi connectivity index (χ0n) is 10.5. The number of aryl methyl sites for hydroxylation is 1. The van der Waals surface area contributed by atoms with Gasteiger partial charge in [0.25, 0.3) is 0 Å². The van der Waals surface area contributed by atoms with Crippen LogP contribution in [0.1, 0.15) is 43.8 Å². The molecule has 0 aromatic carbocycles. The molecule has 5 heteroatoms. The minimum Gasteiger partial charge on any atom is -0.444 e. The number of hydrogen-bond acceptors (Lipinski definition) is 4. The minimum atomic E-state index is -0.847. The van der Waals surface area contributed by atoms with Gasteiger partial charge in [-0.2, -0.15) is 5.26 Å². The molecule has 1 aromatic rings. The Morgan fingerprint density at radius 2 is 2.28 bits per heavy atom. The van der Waals surface area contributed by atoms with Gasteiger partial charge < -0.3 is 9.73 Å². The maximum Gasteiger partial charge on any atom is 0.240 e. The van der Waals surface area contributed by atoms with E-state index in [9.17, 15) is 10.1 Å². The molecule has 1 heterocycles. The van der Waals surface area contributed by atoms with E-state index in [0.29, 0.717) is 24.5 Å². The summed E-state index contributed by atoms with van der Waals surface area (Å²) in [7, 11) is 0. The largest absolute Gasteiger partial charge is 0.444 e. The van der Waals surface area contributed by atoms with Gasteiger partial charge in [-0.05, 0) is 19.8 Å². The molecule has 1 amide bonds. The molecule has 96 valence electrons. The van der Waals surface area contributed by atoms with E-state index in [0.717, 1.165) is 19.3 Å². The number of amides is 1. The standard InChI is InChI=1S/C13H17N3O2/c1-10-7-15-11(18-10)8-16-12(17)13(9-14)5-3-2-4-6-13/h7H,2-6,8H2,1H3,(H,16,17). The molecule has 1 saturated carbocycles. The number of oxazole rings is 1. The van der Waals surface area contributed by atoms with Crippen molar-refractivity contribution >= 4 is 5.91 Å². The smallest absolute Gasteiger partial charge is 0.240 e. The van der Waals surface area contributed by atoms with Gasteiger partial charge >= 0.3 is 0 Å². The van der Waals surface area contributed by atoms with E-state index < -0.39 is 5.41 Å². The van der Waals surface area contributed by atoms with E-state index in [1.165, 1.54) is 0 Å². The Morgan fingerprint density at radius 3 is 2.83 bits per heavy atom. The molecule has 5 nitrogen and oxygen atoms in total. The summed E-state index contributed by atoms with van der Waals surface area (Å²) in [5, 5.41) is 12.0. The van der Waals surface area contributed by atoms with Crippen LogP contribution < -0.4 is 5.32 Å². The van der Waals surface area contributed by atoms with Crippen LogP contribution in [0.15, 0.2) is 10.6 Å². The highest BCUT2D eigenvalue weighted by Crippen LogP contribution is 2.35. The summed E-state index contributed by atoms with van der Waals surface area (Å²) in [6, 6.07) is 2.20. The van der Waals surface area contributed by atoms with Crippen LogP contribution in [0.5, 0.6) is 0 Å². The maximum absolute atomic E-state index is 12.1. The van der Waals surface area contributed by atoms with Gasteiger partial charge in [0, 0.05) is 0 Å². The van der Waals surface area contributed by atoms with Crippen LogP contribution in [0.25, 0.3) is 0 Å². The Hall–Kier alpha value is -1.83. The molecular formula is C13H17N3O2. The van der Waals surface area contributed by atoms with E-state index >= 15 is 0 Å². The molecule has 0 saturated heterocycles. The molecule has 0 aliphatic heterocycles. The number of hydrogen-bond donors (Lipinski definition) is 1. The maximum atomic E-state index is 12.1. The van der Waals surface area contributed by atoms with Crippen molar-refractivity contribution in [2.45, 2.75) is 45.6 Å². The lowest BCUT2D eigenvalue weighted by atomic mass is 9.74. The van der Waals surface area contributed by atoms with Gasteiger partial charge in [-0.25, -0.2) is 4.98 Å². The summed E-state index contributed by atoms with van der Waals surface area (Å²) >= 11 is 0. The molecule has 18 heavy (non-hydrogen) atoms. The van der Waals surface area contributed by atoms with Gasteiger partial charge in [-0.15, -0.1) is 0 Å². The molecule has 0 spiro atoms. The Bertz CT molecular complexity index is 467. The molecular weight excluding hydrogens is 230 g/mol. The van der Waals surface area contributed by atoms with Gasteiger partial charge in [0.1, 0.15) is 11.2 Å².